The van der Waals surface area contributed by atoms with Crippen molar-refractivity contribution >= 4 is 19.2 Å². The van der Waals surface area contributed by atoms with Crippen molar-refractivity contribution in [2.75, 3.05) is 0 Å². The Balaban J connectivity index is 2.23. The van der Waals surface area contributed by atoms with Crippen LogP contribution in [0.3, 0.4) is 0 Å². The van der Waals surface area contributed by atoms with Crippen molar-refractivity contribution in [2.24, 2.45) is 17.8 Å². The molecule has 0 aromatic rings. The molecule has 1 aliphatic carbocycles. The highest BCUT2D eigenvalue weighted by molar-refractivity contribution is 6.43. The molecule has 0 unspecified atom stereocenters. The third kappa shape index (κ3) is 0.646. The van der Waals surface area contributed by atoms with E-state index in [2.05, 4.69) is 0 Å². The third-order valence-electron chi connectivity index (χ3n) is 2.80. The molecule has 2 rings (SSSR count). The lowest BCUT2D eigenvalue weighted by Gasteiger charge is -2.13. The van der Waals surface area contributed by atoms with Gasteiger partial charge in [-0.15, -0.1) is 0 Å². The lowest BCUT2D eigenvalue weighted by atomic mass is 9.95. The van der Waals surface area contributed by atoms with Gasteiger partial charge in [0.1, 0.15) is 0 Å². The van der Waals surface area contributed by atoms with Gasteiger partial charge in [0, 0.05) is 0 Å². The number of fused-ring (bicyclic) bond motifs is 1. The van der Waals surface area contributed by atoms with Crippen LogP contribution in [0, 0.1) is 17.8 Å². The zero-order valence-electron chi connectivity index (χ0n) is 6.70. The van der Waals surface area contributed by atoms with Crippen LogP contribution < -0.4 is 0 Å². The summed E-state index contributed by atoms with van der Waals surface area (Å²) in [6.45, 7) is 3.81. The maximum Gasteiger partial charge on any atom is 0.246 e. The Morgan fingerprint density at radius 1 is 1.27 bits per heavy atom. The Hall–Kier alpha value is -0.795. The second-order valence-corrected chi connectivity index (χ2v) is 3.33. The second-order valence-electron chi connectivity index (χ2n) is 3.33. The minimum atomic E-state index is 0.0439. The zero-order chi connectivity index (χ0) is 8.17. The molecule has 1 aliphatic heterocycles. The summed E-state index contributed by atoms with van der Waals surface area (Å²) in [7, 11) is 0.539. The Morgan fingerprint density at radius 3 is 2.09 bits per heavy atom. The van der Waals surface area contributed by atoms with E-state index in [1.807, 2.05) is 13.7 Å². The highest BCUT2D eigenvalue weighted by atomic mass is 16.2. The standard InChI is InChI=1S/C7H10BNO2/c1-3-4-5(3)7(11)9(8-2)6(4)10/h3-5,8H,1-2H3/t3-,4-,5+. The number of nitrogens with zero attached hydrogens (tertiary/aromatic N) is 1. The molecule has 0 N–H and O–H groups in total. The monoisotopic (exact) mass is 151 g/mol. The maximum atomic E-state index is 11.3. The van der Waals surface area contributed by atoms with Crippen LogP contribution in [0.4, 0.5) is 0 Å². The molecule has 0 radical (unpaired) electrons. The number of carbonyl (C=O) groups excluding carboxylic acids is 2. The number of rotatable bonds is 1. The van der Waals surface area contributed by atoms with Crippen LogP contribution >= 0.6 is 0 Å². The topological polar surface area (TPSA) is 37.4 Å². The molecular weight excluding hydrogens is 141 g/mol. The lowest BCUT2D eigenvalue weighted by Crippen LogP contribution is -2.35. The smallest absolute Gasteiger partial charge is 0.246 e. The zero-order valence-corrected chi connectivity index (χ0v) is 6.70. The van der Waals surface area contributed by atoms with Crippen molar-refractivity contribution in [1.82, 2.24) is 4.81 Å². The molecule has 1 heterocycles. The summed E-state index contributed by atoms with van der Waals surface area (Å²) in [5.74, 6) is 0.507. The number of amides is 2. The van der Waals surface area contributed by atoms with E-state index in [9.17, 15) is 9.59 Å². The number of imide groups is 1. The van der Waals surface area contributed by atoms with Gasteiger partial charge in [0.25, 0.3) is 0 Å². The van der Waals surface area contributed by atoms with Gasteiger partial charge in [-0.05, 0) is 5.92 Å². The van der Waals surface area contributed by atoms with Crippen molar-refractivity contribution in [2.45, 2.75) is 13.7 Å². The molecule has 4 heteroatoms. The SMILES string of the molecule is CBN1C(=O)[C@@H]2[C@@H](C)[C@@H]2C1=O. The first kappa shape index (κ1) is 6.89. The fourth-order valence-electron chi connectivity index (χ4n) is 2.00. The highest BCUT2D eigenvalue weighted by Crippen LogP contribution is 2.52. The minimum absolute atomic E-state index is 0.0439. The van der Waals surface area contributed by atoms with E-state index in [0.29, 0.717) is 13.3 Å². The molecule has 0 aromatic heterocycles. The first-order valence-corrected chi connectivity index (χ1v) is 4.03. The largest absolute Gasteiger partial charge is 0.333 e. The molecule has 0 spiro atoms. The summed E-state index contributed by atoms with van der Waals surface area (Å²) >= 11 is 0. The van der Waals surface area contributed by atoms with Gasteiger partial charge in [-0.25, -0.2) is 0 Å². The van der Waals surface area contributed by atoms with Crippen LogP contribution in [0.25, 0.3) is 0 Å². The molecule has 0 aromatic carbocycles. The van der Waals surface area contributed by atoms with Gasteiger partial charge in [-0.2, -0.15) is 0 Å². The van der Waals surface area contributed by atoms with Crippen molar-refractivity contribution < 1.29 is 9.59 Å². The van der Waals surface area contributed by atoms with E-state index in [1.165, 1.54) is 4.81 Å². The van der Waals surface area contributed by atoms with Gasteiger partial charge >= 0.3 is 0 Å². The number of piperidine rings is 1. The quantitative estimate of drug-likeness (QED) is 0.379. The summed E-state index contributed by atoms with van der Waals surface area (Å²) in [5, 5.41) is 0. The van der Waals surface area contributed by atoms with Gasteiger partial charge in [0.15, 0.2) is 0 Å². The van der Waals surface area contributed by atoms with Crippen molar-refractivity contribution in [3.8, 4) is 0 Å². The maximum absolute atomic E-state index is 11.3. The first-order valence-electron chi connectivity index (χ1n) is 4.03. The Labute approximate surface area is 66.0 Å². The molecular formula is C7H10BNO2. The Morgan fingerprint density at radius 2 is 1.73 bits per heavy atom. The number of carbonyl (C=O) groups is 2. The summed E-state index contributed by atoms with van der Waals surface area (Å²) in [6, 6.07) is 0. The first-order chi connectivity index (χ1) is 5.18. The van der Waals surface area contributed by atoms with E-state index in [-0.39, 0.29) is 23.7 Å². The number of hydrogen-bond donors (Lipinski definition) is 0. The van der Waals surface area contributed by atoms with Crippen molar-refractivity contribution in [3.05, 3.63) is 0 Å². The normalized spacial score (nSPS) is 40.9. The fraction of sp³-hybridized carbons (Fsp3) is 0.714. The average Bonchev–Trinajstić information content (AvgIpc) is 2.54. The molecule has 2 fully saturated rings. The van der Waals surface area contributed by atoms with Crippen molar-refractivity contribution in [1.29, 1.82) is 0 Å². The van der Waals surface area contributed by atoms with Crippen LogP contribution in [-0.2, 0) is 9.59 Å². The summed E-state index contributed by atoms with van der Waals surface area (Å²) in [5.41, 5.74) is 0. The Kier molecular flexibility index (Phi) is 1.17. The average molecular weight is 151 g/mol. The van der Waals surface area contributed by atoms with Crippen LogP contribution in [0.5, 0.6) is 0 Å². The highest BCUT2D eigenvalue weighted by Gasteiger charge is 2.64. The molecule has 58 valence electrons. The molecule has 3 atom stereocenters. The van der Waals surface area contributed by atoms with Crippen LogP contribution in [0.15, 0.2) is 0 Å². The predicted octanol–water partition coefficient (Wildman–Crippen LogP) is -0.363. The molecule has 11 heavy (non-hydrogen) atoms. The van der Waals surface area contributed by atoms with E-state index in [1.54, 1.807) is 0 Å². The van der Waals surface area contributed by atoms with Crippen LogP contribution in [0.1, 0.15) is 6.92 Å². The fourth-order valence-corrected chi connectivity index (χ4v) is 2.00. The van der Waals surface area contributed by atoms with Crippen LogP contribution in [0.2, 0.25) is 6.82 Å². The third-order valence-corrected chi connectivity index (χ3v) is 2.80. The minimum Gasteiger partial charge on any atom is -0.333 e. The van der Waals surface area contributed by atoms with E-state index >= 15 is 0 Å². The second kappa shape index (κ2) is 1.87. The van der Waals surface area contributed by atoms with E-state index < -0.39 is 0 Å². The Bertz CT molecular complexity index is 219. The van der Waals surface area contributed by atoms with E-state index in [0.717, 1.165) is 0 Å². The summed E-state index contributed by atoms with van der Waals surface area (Å²) in [6.07, 6.45) is 0. The molecule has 2 amide bonds. The van der Waals surface area contributed by atoms with E-state index in [4.69, 9.17) is 0 Å². The molecule has 1 saturated heterocycles. The van der Waals surface area contributed by atoms with Gasteiger partial charge in [-0.1, -0.05) is 13.7 Å². The summed E-state index contributed by atoms with van der Waals surface area (Å²) < 4.78 is 0. The number of hydrogen-bond acceptors (Lipinski definition) is 2. The summed E-state index contributed by atoms with van der Waals surface area (Å²) in [4.78, 5) is 24.0. The molecule has 0 bridgehead atoms. The van der Waals surface area contributed by atoms with Gasteiger partial charge in [-0.3, -0.25) is 9.59 Å². The van der Waals surface area contributed by atoms with Crippen molar-refractivity contribution in [3.63, 3.8) is 0 Å². The molecule has 2 aliphatic rings. The predicted molar refractivity (Wildman–Crippen MR) is 41.0 cm³/mol. The van der Waals surface area contributed by atoms with Gasteiger partial charge in [0.2, 0.25) is 19.2 Å². The lowest BCUT2D eigenvalue weighted by molar-refractivity contribution is -0.136. The molecule has 3 nitrogen and oxygen atoms in total. The molecule has 1 saturated carbocycles. The van der Waals surface area contributed by atoms with Crippen LogP contribution in [-0.4, -0.2) is 24.0 Å². The van der Waals surface area contributed by atoms with Gasteiger partial charge in [0.05, 0.1) is 11.8 Å². The van der Waals surface area contributed by atoms with Gasteiger partial charge < -0.3 is 4.81 Å².